The third kappa shape index (κ3) is 11.0. The van der Waals surface area contributed by atoms with Crippen molar-refractivity contribution >= 4 is 29.7 Å². The number of benzene rings is 1. The minimum atomic E-state index is -1.65. The normalized spacial score (nSPS) is 21.4. The van der Waals surface area contributed by atoms with E-state index in [4.69, 9.17) is 23.7 Å². The van der Waals surface area contributed by atoms with Crippen LogP contribution in [0.15, 0.2) is 30.4 Å². The van der Waals surface area contributed by atoms with Crippen molar-refractivity contribution in [3.8, 4) is 5.75 Å². The quantitative estimate of drug-likeness (QED) is 0.0922. The second kappa shape index (κ2) is 17.4. The Labute approximate surface area is 253 Å². The van der Waals surface area contributed by atoms with Crippen molar-refractivity contribution in [2.75, 3.05) is 39.5 Å². The van der Waals surface area contributed by atoms with Crippen LogP contribution in [0.3, 0.4) is 0 Å². The van der Waals surface area contributed by atoms with E-state index in [1.165, 1.54) is 19.1 Å². The van der Waals surface area contributed by atoms with Gasteiger partial charge in [0.15, 0.2) is 6.10 Å². The van der Waals surface area contributed by atoms with Gasteiger partial charge in [0, 0.05) is 57.2 Å². The SMILES string of the molecule is CC(=O)OCc1cc(CCCOCCOCCNC(=O)CCN2C(=O)C=CC2=O)ccc1OC1CC(O)[C@H](O)C(C(=O)O)O1. The second-order valence-corrected chi connectivity index (χ2v) is 10.0. The number of amides is 3. The Morgan fingerprint density at radius 2 is 1.75 bits per heavy atom. The number of rotatable bonds is 18. The number of aliphatic hydroxyl groups excluding tert-OH is 2. The van der Waals surface area contributed by atoms with Crippen molar-refractivity contribution < 1.29 is 63.0 Å². The van der Waals surface area contributed by atoms with Crippen LogP contribution in [0.4, 0.5) is 0 Å². The lowest BCUT2D eigenvalue weighted by Crippen LogP contribution is -2.53. The summed E-state index contributed by atoms with van der Waals surface area (Å²) in [6.07, 6.45) is -2.22. The van der Waals surface area contributed by atoms with E-state index in [1.54, 1.807) is 18.2 Å². The molecule has 3 rings (SSSR count). The Hall–Kier alpha value is -3.89. The predicted octanol–water partition coefficient (Wildman–Crippen LogP) is -0.553. The first-order valence-electron chi connectivity index (χ1n) is 14.2. The number of imide groups is 1. The van der Waals surface area contributed by atoms with Gasteiger partial charge in [0.05, 0.1) is 25.9 Å². The largest absolute Gasteiger partial charge is 0.479 e. The third-order valence-corrected chi connectivity index (χ3v) is 6.65. The van der Waals surface area contributed by atoms with Gasteiger partial charge >= 0.3 is 11.9 Å². The molecule has 1 aromatic rings. The number of esters is 1. The van der Waals surface area contributed by atoms with Crippen molar-refractivity contribution in [1.82, 2.24) is 10.2 Å². The average Bonchev–Trinajstić information content (AvgIpc) is 3.30. The third-order valence-electron chi connectivity index (χ3n) is 6.65. The first kappa shape index (κ1) is 34.6. The van der Waals surface area contributed by atoms with Crippen LogP contribution in [-0.4, -0.2) is 114 Å². The van der Waals surface area contributed by atoms with E-state index in [0.717, 1.165) is 10.5 Å². The number of aryl methyl sites for hydroxylation is 1. The van der Waals surface area contributed by atoms with Crippen LogP contribution in [0.5, 0.6) is 5.75 Å². The monoisotopic (exact) mass is 622 g/mol. The molecule has 1 saturated heterocycles. The maximum absolute atomic E-state index is 11.9. The summed E-state index contributed by atoms with van der Waals surface area (Å²) in [5, 5.41) is 31.8. The Morgan fingerprint density at radius 3 is 2.43 bits per heavy atom. The van der Waals surface area contributed by atoms with Crippen molar-refractivity contribution in [3.05, 3.63) is 41.5 Å². The number of aliphatic carboxylic acids is 1. The van der Waals surface area contributed by atoms with E-state index < -0.39 is 48.4 Å². The highest BCUT2D eigenvalue weighted by atomic mass is 16.7. The fourth-order valence-corrected chi connectivity index (χ4v) is 4.37. The van der Waals surface area contributed by atoms with Gasteiger partial charge in [-0.05, 0) is 30.5 Å². The molecule has 2 aliphatic rings. The average molecular weight is 623 g/mol. The standard InChI is InChI=1S/C29H38N2O13/c1-18(32)42-17-20-15-19(4-5-22(20)43-26-16-21(33)27(37)28(44-26)29(38)39)3-2-11-40-13-14-41-12-9-30-23(34)8-10-31-24(35)6-7-25(31)36/h4-7,15,21,26-28,33,37H,2-3,8-14,16-17H2,1H3,(H,30,34)(H,38,39)/t21?,26?,27-,28?/m0/s1. The number of aliphatic hydroxyl groups is 2. The molecule has 3 amide bonds. The molecule has 0 bridgehead atoms. The number of carbonyl (C=O) groups is 5. The number of ether oxygens (including phenoxy) is 5. The number of carboxylic acid groups (broad SMARTS) is 1. The van der Waals surface area contributed by atoms with Crippen molar-refractivity contribution in [3.63, 3.8) is 0 Å². The van der Waals surface area contributed by atoms with Crippen molar-refractivity contribution in [2.45, 2.75) is 63.8 Å². The summed E-state index contributed by atoms with van der Waals surface area (Å²) >= 11 is 0. The zero-order chi connectivity index (χ0) is 32.1. The van der Waals surface area contributed by atoms with E-state index in [1.807, 2.05) is 0 Å². The zero-order valence-corrected chi connectivity index (χ0v) is 24.3. The maximum Gasteiger partial charge on any atom is 0.335 e. The van der Waals surface area contributed by atoms with Crippen LogP contribution in [0.25, 0.3) is 0 Å². The summed E-state index contributed by atoms with van der Waals surface area (Å²) in [4.78, 5) is 58.6. The highest BCUT2D eigenvalue weighted by Gasteiger charge is 2.42. The number of carboxylic acids is 1. The van der Waals surface area contributed by atoms with E-state index in [2.05, 4.69) is 5.32 Å². The lowest BCUT2D eigenvalue weighted by Gasteiger charge is -2.35. The molecule has 1 aromatic carbocycles. The van der Waals surface area contributed by atoms with Crippen LogP contribution in [0.1, 0.15) is 37.3 Å². The molecule has 2 heterocycles. The topological polar surface area (TPSA) is 207 Å². The summed E-state index contributed by atoms with van der Waals surface area (Å²) < 4.78 is 27.3. The maximum atomic E-state index is 11.9. The van der Waals surface area contributed by atoms with Gasteiger partial charge in [-0.3, -0.25) is 24.1 Å². The van der Waals surface area contributed by atoms with Crippen LogP contribution in [0, 0.1) is 0 Å². The molecule has 1 fully saturated rings. The molecule has 15 heteroatoms. The van der Waals surface area contributed by atoms with Gasteiger partial charge in [-0.2, -0.15) is 0 Å². The van der Waals surface area contributed by atoms with Crippen molar-refractivity contribution in [2.24, 2.45) is 0 Å². The predicted molar refractivity (Wildman–Crippen MR) is 149 cm³/mol. The molecule has 4 N–H and O–H groups in total. The smallest absolute Gasteiger partial charge is 0.335 e. The molecular weight excluding hydrogens is 584 g/mol. The lowest BCUT2D eigenvalue weighted by molar-refractivity contribution is -0.228. The summed E-state index contributed by atoms with van der Waals surface area (Å²) in [5.74, 6) is -2.78. The lowest BCUT2D eigenvalue weighted by atomic mass is 10.0. The van der Waals surface area contributed by atoms with E-state index >= 15 is 0 Å². The van der Waals surface area contributed by atoms with Gasteiger partial charge in [0.25, 0.3) is 11.8 Å². The number of nitrogens with zero attached hydrogens (tertiary/aromatic N) is 1. The van der Waals surface area contributed by atoms with Gasteiger partial charge in [0.2, 0.25) is 12.2 Å². The van der Waals surface area contributed by atoms with E-state index in [9.17, 15) is 39.3 Å². The number of carbonyl (C=O) groups excluding carboxylic acids is 4. The molecule has 3 unspecified atom stereocenters. The fourth-order valence-electron chi connectivity index (χ4n) is 4.37. The Morgan fingerprint density at radius 1 is 1.05 bits per heavy atom. The van der Waals surface area contributed by atoms with Gasteiger partial charge in [-0.25, -0.2) is 4.79 Å². The summed E-state index contributed by atoms with van der Waals surface area (Å²) in [6.45, 7) is 2.89. The van der Waals surface area contributed by atoms with E-state index in [-0.39, 0.29) is 50.8 Å². The Bertz CT molecular complexity index is 1190. The van der Waals surface area contributed by atoms with E-state index in [0.29, 0.717) is 38.2 Å². The molecule has 0 aliphatic carbocycles. The van der Waals surface area contributed by atoms with Gasteiger partial charge < -0.3 is 44.3 Å². The molecule has 0 aromatic heterocycles. The molecule has 2 aliphatic heterocycles. The molecular formula is C29H38N2O13. The van der Waals surface area contributed by atoms with Crippen LogP contribution >= 0.6 is 0 Å². The molecule has 44 heavy (non-hydrogen) atoms. The highest BCUT2D eigenvalue weighted by Crippen LogP contribution is 2.28. The van der Waals surface area contributed by atoms with Gasteiger partial charge in [0.1, 0.15) is 18.5 Å². The van der Waals surface area contributed by atoms with Crippen LogP contribution in [-0.2, 0) is 55.9 Å². The molecule has 15 nitrogen and oxygen atoms in total. The zero-order valence-electron chi connectivity index (χ0n) is 24.3. The molecule has 0 saturated carbocycles. The summed E-state index contributed by atoms with van der Waals surface area (Å²) in [7, 11) is 0. The Balaban J connectivity index is 1.32. The molecule has 242 valence electrons. The fraction of sp³-hybridized carbons (Fsp3) is 0.552. The highest BCUT2D eigenvalue weighted by molar-refractivity contribution is 6.13. The minimum absolute atomic E-state index is 0.0144. The van der Waals surface area contributed by atoms with Gasteiger partial charge in [-0.15, -0.1) is 0 Å². The van der Waals surface area contributed by atoms with Crippen molar-refractivity contribution in [1.29, 1.82) is 0 Å². The number of hydrogen-bond donors (Lipinski definition) is 4. The number of hydrogen-bond acceptors (Lipinski definition) is 12. The summed E-state index contributed by atoms with van der Waals surface area (Å²) in [6, 6.07) is 5.22. The minimum Gasteiger partial charge on any atom is -0.479 e. The van der Waals surface area contributed by atoms with Crippen LogP contribution in [0.2, 0.25) is 0 Å². The first-order valence-corrected chi connectivity index (χ1v) is 14.2. The van der Waals surface area contributed by atoms with Gasteiger partial charge in [-0.1, -0.05) is 6.07 Å². The first-order chi connectivity index (χ1) is 21.0. The second-order valence-electron chi connectivity index (χ2n) is 10.0. The Kier molecular flexibility index (Phi) is 13.7. The number of nitrogens with one attached hydrogen (secondary N) is 1. The molecule has 0 spiro atoms. The molecule has 0 radical (unpaired) electrons. The summed E-state index contributed by atoms with van der Waals surface area (Å²) in [5.41, 5.74) is 1.43. The molecule has 4 atom stereocenters. The van der Waals surface area contributed by atoms with Crippen LogP contribution < -0.4 is 10.1 Å².